The average Bonchev–Trinajstić information content (AvgIpc) is 3.72. The fourth-order valence-electron chi connectivity index (χ4n) is 4.22. The highest BCUT2D eigenvalue weighted by molar-refractivity contribution is 7.89. The standard InChI is InChI=1S/C28H29N3O5S/c1-30-28(36-24-13-11-22(34-2)12-14-24)26(27(29-30)20-7-5-4-6-8-20)19-31(21-9-10-21)37(32,33)25-17-15-23(35-3)16-18-25/h4-8,11-18,21H,9-10,19H2,1-3H3. The Labute approximate surface area is 217 Å². The van der Waals surface area contributed by atoms with Crippen LogP contribution < -0.4 is 14.2 Å². The van der Waals surface area contributed by atoms with Crippen LogP contribution in [-0.2, 0) is 23.6 Å². The van der Waals surface area contributed by atoms with Crippen LogP contribution in [0.4, 0.5) is 0 Å². The van der Waals surface area contributed by atoms with E-state index in [2.05, 4.69) is 0 Å². The molecule has 1 heterocycles. The van der Waals surface area contributed by atoms with E-state index in [9.17, 15) is 8.42 Å². The second kappa shape index (κ2) is 10.3. The first-order valence-electron chi connectivity index (χ1n) is 12.0. The second-order valence-corrected chi connectivity index (χ2v) is 10.7. The maximum absolute atomic E-state index is 13.8. The average molecular weight is 520 g/mol. The van der Waals surface area contributed by atoms with Crippen LogP contribution in [0, 0.1) is 0 Å². The maximum Gasteiger partial charge on any atom is 0.243 e. The fraction of sp³-hybridized carbons (Fsp3) is 0.250. The molecule has 1 aromatic heterocycles. The van der Waals surface area contributed by atoms with Crippen LogP contribution in [-0.4, -0.2) is 42.8 Å². The summed E-state index contributed by atoms with van der Waals surface area (Å²) in [5.74, 6) is 2.40. The normalized spacial score (nSPS) is 13.5. The van der Waals surface area contributed by atoms with Crippen molar-refractivity contribution in [3.8, 4) is 34.4 Å². The summed E-state index contributed by atoms with van der Waals surface area (Å²) in [4.78, 5) is 0.225. The fourth-order valence-corrected chi connectivity index (χ4v) is 5.87. The summed E-state index contributed by atoms with van der Waals surface area (Å²) in [5, 5.41) is 4.75. The van der Waals surface area contributed by atoms with Crippen molar-refractivity contribution in [2.45, 2.75) is 30.3 Å². The zero-order valence-corrected chi connectivity index (χ0v) is 21.8. The number of methoxy groups -OCH3 is 2. The highest BCUT2D eigenvalue weighted by Crippen LogP contribution is 2.39. The lowest BCUT2D eigenvalue weighted by Gasteiger charge is -2.23. The molecule has 37 heavy (non-hydrogen) atoms. The van der Waals surface area contributed by atoms with Crippen molar-refractivity contribution < 1.29 is 22.6 Å². The lowest BCUT2D eigenvalue weighted by atomic mass is 10.1. The summed E-state index contributed by atoms with van der Waals surface area (Å²) in [5.41, 5.74) is 2.27. The van der Waals surface area contributed by atoms with E-state index < -0.39 is 10.0 Å². The molecule has 0 spiro atoms. The molecule has 1 aliphatic rings. The zero-order valence-electron chi connectivity index (χ0n) is 21.0. The molecular formula is C28H29N3O5S. The molecule has 0 bridgehead atoms. The summed E-state index contributed by atoms with van der Waals surface area (Å²) in [6.45, 7) is 0.128. The first-order valence-corrected chi connectivity index (χ1v) is 13.4. The Morgan fingerprint density at radius 3 is 2.00 bits per heavy atom. The molecule has 3 aromatic carbocycles. The van der Waals surface area contributed by atoms with E-state index in [0.717, 1.165) is 18.4 Å². The number of sulfonamides is 1. The van der Waals surface area contributed by atoms with Gasteiger partial charge in [0.1, 0.15) is 22.9 Å². The molecule has 0 unspecified atom stereocenters. The minimum Gasteiger partial charge on any atom is -0.497 e. The third kappa shape index (κ3) is 5.19. The Bertz CT molecular complexity index is 1460. The van der Waals surface area contributed by atoms with E-state index in [-0.39, 0.29) is 17.5 Å². The molecule has 0 saturated heterocycles. The van der Waals surface area contributed by atoms with Gasteiger partial charge in [0.15, 0.2) is 0 Å². The Morgan fingerprint density at radius 2 is 1.43 bits per heavy atom. The molecule has 0 radical (unpaired) electrons. The van der Waals surface area contributed by atoms with Gasteiger partial charge >= 0.3 is 0 Å². The maximum atomic E-state index is 13.8. The number of hydrogen-bond acceptors (Lipinski definition) is 6. The monoisotopic (exact) mass is 519 g/mol. The summed E-state index contributed by atoms with van der Waals surface area (Å²) in [6.07, 6.45) is 1.62. The van der Waals surface area contributed by atoms with E-state index >= 15 is 0 Å². The number of ether oxygens (including phenoxy) is 3. The van der Waals surface area contributed by atoms with Crippen LogP contribution in [0.25, 0.3) is 11.3 Å². The molecule has 0 amide bonds. The Balaban J connectivity index is 1.57. The Hall–Kier alpha value is -3.82. The van der Waals surface area contributed by atoms with Gasteiger partial charge in [-0.1, -0.05) is 30.3 Å². The molecule has 4 aromatic rings. The van der Waals surface area contributed by atoms with Gasteiger partial charge in [0.25, 0.3) is 0 Å². The summed E-state index contributed by atoms with van der Waals surface area (Å²) in [6, 6.07) is 23.4. The number of nitrogens with zero attached hydrogens (tertiary/aromatic N) is 3. The van der Waals surface area contributed by atoms with Crippen molar-refractivity contribution >= 4 is 10.0 Å². The third-order valence-corrected chi connectivity index (χ3v) is 8.26. The number of aryl methyl sites for hydroxylation is 1. The molecule has 5 rings (SSSR count). The molecule has 1 saturated carbocycles. The predicted molar refractivity (Wildman–Crippen MR) is 140 cm³/mol. The minimum atomic E-state index is -3.78. The van der Waals surface area contributed by atoms with Crippen LogP contribution in [0.15, 0.2) is 83.8 Å². The van der Waals surface area contributed by atoms with Gasteiger partial charge < -0.3 is 14.2 Å². The van der Waals surface area contributed by atoms with Gasteiger partial charge in [0, 0.05) is 25.2 Å². The van der Waals surface area contributed by atoms with E-state index in [1.165, 1.54) is 0 Å². The highest BCUT2D eigenvalue weighted by atomic mass is 32.2. The first-order chi connectivity index (χ1) is 17.9. The van der Waals surface area contributed by atoms with Gasteiger partial charge in [0.05, 0.1) is 24.7 Å². The number of benzene rings is 3. The number of rotatable bonds is 10. The molecule has 1 fully saturated rings. The predicted octanol–water partition coefficient (Wildman–Crippen LogP) is 5.25. The van der Waals surface area contributed by atoms with Gasteiger partial charge in [-0.05, 0) is 61.4 Å². The Kier molecular flexibility index (Phi) is 6.90. The zero-order chi connectivity index (χ0) is 26.0. The first kappa shape index (κ1) is 24.9. The van der Waals surface area contributed by atoms with Gasteiger partial charge in [0.2, 0.25) is 15.9 Å². The van der Waals surface area contributed by atoms with Crippen molar-refractivity contribution in [1.29, 1.82) is 0 Å². The van der Waals surface area contributed by atoms with E-state index in [1.807, 2.05) is 54.6 Å². The largest absolute Gasteiger partial charge is 0.497 e. The highest BCUT2D eigenvalue weighted by Gasteiger charge is 2.40. The smallest absolute Gasteiger partial charge is 0.243 e. The summed E-state index contributed by atoms with van der Waals surface area (Å²) < 4.78 is 47.6. The van der Waals surface area contributed by atoms with Crippen LogP contribution in [0.1, 0.15) is 18.4 Å². The lowest BCUT2D eigenvalue weighted by Crippen LogP contribution is -2.33. The van der Waals surface area contributed by atoms with Crippen molar-refractivity contribution in [2.24, 2.45) is 7.05 Å². The number of hydrogen-bond donors (Lipinski definition) is 0. The molecule has 192 valence electrons. The summed E-state index contributed by atoms with van der Waals surface area (Å²) in [7, 11) is 1.18. The quantitative estimate of drug-likeness (QED) is 0.285. The SMILES string of the molecule is COc1ccc(Oc2c(CN(C3CC3)S(=O)(=O)c3ccc(OC)cc3)c(-c3ccccc3)nn2C)cc1. The molecule has 0 atom stereocenters. The number of aromatic nitrogens is 2. The van der Waals surface area contributed by atoms with Gasteiger partial charge in [-0.15, -0.1) is 0 Å². The van der Waals surface area contributed by atoms with Crippen molar-refractivity contribution in [1.82, 2.24) is 14.1 Å². The van der Waals surface area contributed by atoms with Crippen molar-refractivity contribution in [2.75, 3.05) is 14.2 Å². The van der Waals surface area contributed by atoms with Gasteiger partial charge in [-0.3, -0.25) is 0 Å². The second-order valence-electron chi connectivity index (χ2n) is 8.86. The van der Waals surface area contributed by atoms with E-state index in [1.54, 1.807) is 54.5 Å². The molecule has 1 aliphatic carbocycles. The van der Waals surface area contributed by atoms with Crippen molar-refractivity contribution in [3.05, 3.63) is 84.4 Å². The van der Waals surface area contributed by atoms with E-state index in [0.29, 0.717) is 34.4 Å². The molecule has 0 N–H and O–H groups in total. The van der Waals surface area contributed by atoms with E-state index in [4.69, 9.17) is 19.3 Å². The third-order valence-electron chi connectivity index (χ3n) is 6.34. The van der Waals surface area contributed by atoms with Crippen LogP contribution in [0.3, 0.4) is 0 Å². The minimum absolute atomic E-state index is 0.0789. The lowest BCUT2D eigenvalue weighted by molar-refractivity contribution is 0.380. The van der Waals surface area contributed by atoms with Gasteiger partial charge in [-0.2, -0.15) is 9.40 Å². The molecule has 0 aliphatic heterocycles. The topological polar surface area (TPSA) is 82.9 Å². The van der Waals surface area contributed by atoms with Crippen LogP contribution >= 0.6 is 0 Å². The van der Waals surface area contributed by atoms with Crippen LogP contribution in [0.5, 0.6) is 23.1 Å². The molecular weight excluding hydrogens is 490 g/mol. The molecule has 8 nitrogen and oxygen atoms in total. The van der Waals surface area contributed by atoms with Crippen molar-refractivity contribution in [3.63, 3.8) is 0 Å². The Morgan fingerprint density at radius 1 is 0.865 bits per heavy atom. The van der Waals surface area contributed by atoms with Gasteiger partial charge in [-0.25, -0.2) is 13.1 Å². The molecule has 9 heteroatoms. The van der Waals surface area contributed by atoms with Crippen LogP contribution in [0.2, 0.25) is 0 Å². The summed E-state index contributed by atoms with van der Waals surface area (Å²) >= 11 is 0.